The van der Waals surface area contributed by atoms with Crippen molar-refractivity contribution in [3.05, 3.63) is 77.3 Å². The van der Waals surface area contributed by atoms with Crippen LogP contribution in [0, 0.1) is 13.8 Å². The molecular weight excluding hydrogens is 414 g/mol. The van der Waals surface area contributed by atoms with Crippen molar-refractivity contribution < 1.29 is 4.79 Å². The summed E-state index contributed by atoms with van der Waals surface area (Å²) in [5.74, 6) is -0.101. The van der Waals surface area contributed by atoms with Gasteiger partial charge in [0.15, 0.2) is 5.16 Å². The highest BCUT2D eigenvalue weighted by Gasteiger charge is 2.10. The van der Waals surface area contributed by atoms with Crippen molar-refractivity contribution in [2.24, 2.45) is 0 Å². The lowest BCUT2D eigenvalue weighted by Gasteiger charge is -2.06. The Labute approximate surface area is 182 Å². The molecule has 0 spiro atoms. The van der Waals surface area contributed by atoms with Crippen LogP contribution >= 0.6 is 23.1 Å². The summed E-state index contributed by atoms with van der Waals surface area (Å²) in [6, 6.07) is 13.4. The third-order valence-electron chi connectivity index (χ3n) is 4.11. The largest absolute Gasteiger partial charge is 0.326 e. The lowest BCUT2D eigenvalue weighted by atomic mass is 10.2. The van der Waals surface area contributed by atoms with Gasteiger partial charge in [-0.3, -0.25) is 9.78 Å². The molecule has 8 heteroatoms. The van der Waals surface area contributed by atoms with Crippen molar-refractivity contribution in [3.63, 3.8) is 0 Å². The van der Waals surface area contributed by atoms with E-state index in [0.717, 1.165) is 43.4 Å². The van der Waals surface area contributed by atoms with E-state index in [4.69, 9.17) is 0 Å². The Morgan fingerprint density at radius 3 is 2.53 bits per heavy atom. The van der Waals surface area contributed by atoms with E-state index < -0.39 is 0 Å². The molecule has 1 amide bonds. The maximum atomic E-state index is 12.4. The molecule has 0 atom stereocenters. The molecule has 1 N–H and O–H groups in total. The van der Waals surface area contributed by atoms with Crippen molar-refractivity contribution in [1.29, 1.82) is 0 Å². The fraction of sp³-hybridized carbons (Fsp3) is 0.136. The molecule has 0 radical (unpaired) electrons. The highest BCUT2D eigenvalue weighted by atomic mass is 32.2. The van der Waals surface area contributed by atoms with Crippen LogP contribution in [0.15, 0.2) is 70.3 Å². The molecule has 6 nitrogen and oxygen atoms in total. The first-order valence-electron chi connectivity index (χ1n) is 9.30. The summed E-state index contributed by atoms with van der Waals surface area (Å²) in [5, 5.41) is 6.41. The van der Waals surface area contributed by atoms with Gasteiger partial charge in [0.05, 0.1) is 12.1 Å². The van der Waals surface area contributed by atoms with Gasteiger partial charge in [-0.15, -0.1) is 11.3 Å². The van der Waals surface area contributed by atoms with Gasteiger partial charge in [0, 0.05) is 45.3 Å². The molecular formula is C22H19N5OS2. The Bertz CT molecular complexity index is 1140. The summed E-state index contributed by atoms with van der Waals surface area (Å²) in [6.45, 7) is 3.92. The number of benzene rings is 1. The van der Waals surface area contributed by atoms with Crippen LogP contribution in [-0.2, 0) is 11.2 Å². The van der Waals surface area contributed by atoms with Gasteiger partial charge < -0.3 is 5.32 Å². The molecule has 30 heavy (non-hydrogen) atoms. The minimum absolute atomic E-state index is 0.101. The number of hydrogen-bond donors (Lipinski definition) is 1. The summed E-state index contributed by atoms with van der Waals surface area (Å²) in [4.78, 5) is 30.9. The number of carbonyl (C=O) groups is 1. The lowest BCUT2D eigenvalue weighted by molar-refractivity contribution is -0.115. The van der Waals surface area contributed by atoms with Gasteiger partial charge in [-0.25, -0.2) is 15.0 Å². The predicted octanol–water partition coefficient (Wildman–Crippen LogP) is 4.94. The standard InChI is InChI=1S/C22H19N5OS2/c1-14-10-15(2)25-22(24-14)30-19-7-5-17(6-8-19)26-20(28)11-18-13-29-21(27-18)16-4-3-9-23-12-16/h3-10,12-13H,11H2,1-2H3,(H,26,28). The number of nitrogens with one attached hydrogen (secondary N) is 1. The maximum absolute atomic E-state index is 12.4. The monoisotopic (exact) mass is 433 g/mol. The zero-order valence-electron chi connectivity index (χ0n) is 16.5. The zero-order chi connectivity index (χ0) is 20.9. The number of carbonyl (C=O) groups excluding carboxylic acids is 1. The molecule has 0 unspecified atom stereocenters. The zero-order valence-corrected chi connectivity index (χ0v) is 18.1. The smallest absolute Gasteiger partial charge is 0.230 e. The van der Waals surface area contributed by atoms with E-state index in [1.54, 1.807) is 12.4 Å². The van der Waals surface area contributed by atoms with Crippen LogP contribution in [0.5, 0.6) is 0 Å². The van der Waals surface area contributed by atoms with Gasteiger partial charge in [-0.1, -0.05) is 0 Å². The minimum atomic E-state index is -0.101. The summed E-state index contributed by atoms with van der Waals surface area (Å²) in [5.41, 5.74) is 4.34. The molecule has 0 aliphatic rings. The molecule has 0 aliphatic carbocycles. The van der Waals surface area contributed by atoms with Crippen LogP contribution in [0.25, 0.3) is 10.6 Å². The fourth-order valence-corrected chi connectivity index (χ4v) is 4.50. The molecule has 0 aliphatic heterocycles. The van der Waals surface area contributed by atoms with E-state index >= 15 is 0 Å². The van der Waals surface area contributed by atoms with Crippen molar-refractivity contribution in [3.8, 4) is 10.6 Å². The number of amides is 1. The highest BCUT2D eigenvalue weighted by molar-refractivity contribution is 7.99. The third-order valence-corrected chi connectivity index (χ3v) is 5.92. The van der Waals surface area contributed by atoms with Crippen LogP contribution in [0.2, 0.25) is 0 Å². The van der Waals surface area contributed by atoms with Crippen LogP contribution in [0.1, 0.15) is 17.1 Å². The van der Waals surface area contributed by atoms with Gasteiger partial charge in [0.25, 0.3) is 0 Å². The van der Waals surface area contributed by atoms with Crippen molar-refractivity contribution in [1.82, 2.24) is 19.9 Å². The molecule has 1 aromatic carbocycles. The Hall–Kier alpha value is -3.10. The topological polar surface area (TPSA) is 80.7 Å². The van der Waals surface area contributed by atoms with Gasteiger partial charge in [-0.2, -0.15) is 0 Å². The Morgan fingerprint density at radius 2 is 1.83 bits per heavy atom. The van der Waals surface area contributed by atoms with Gasteiger partial charge >= 0.3 is 0 Å². The quantitative estimate of drug-likeness (QED) is 0.434. The summed E-state index contributed by atoms with van der Waals surface area (Å²) in [7, 11) is 0. The van der Waals surface area contributed by atoms with Crippen LogP contribution in [0.4, 0.5) is 5.69 Å². The molecule has 150 valence electrons. The second-order valence-corrected chi connectivity index (χ2v) is 8.57. The first-order chi connectivity index (χ1) is 14.5. The van der Waals surface area contributed by atoms with E-state index in [0.29, 0.717) is 0 Å². The molecule has 0 saturated carbocycles. The first kappa shape index (κ1) is 20.2. The minimum Gasteiger partial charge on any atom is -0.326 e. The van der Waals surface area contributed by atoms with Gasteiger partial charge in [0.2, 0.25) is 5.91 Å². The number of hydrogen-bond acceptors (Lipinski definition) is 7. The number of thiazole rings is 1. The molecule has 0 saturated heterocycles. The Morgan fingerprint density at radius 1 is 1.07 bits per heavy atom. The van der Waals surface area contributed by atoms with Gasteiger partial charge in [0.1, 0.15) is 5.01 Å². The first-order valence-corrected chi connectivity index (χ1v) is 11.0. The maximum Gasteiger partial charge on any atom is 0.230 e. The van der Waals surface area contributed by atoms with Crippen LogP contribution in [0.3, 0.4) is 0 Å². The molecule has 3 heterocycles. The predicted molar refractivity (Wildman–Crippen MR) is 120 cm³/mol. The van der Waals surface area contributed by atoms with Crippen molar-refractivity contribution >= 4 is 34.7 Å². The number of anilines is 1. The van der Waals surface area contributed by atoms with Crippen LogP contribution < -0.4 is 5.32 Å². The normalized spacial score (nSPS) is 10.7. The Kier molecular flexibility index (Phi) is 6.15. The second-order valence-electron chi connectivity index (χ2n) is 6.67. The molecule has 3 aromatic heterocycles. The number of pyridine rings is 1. The van der Waals surface area contributed by atoms with E-state index in [2.05, 4.69) is 25.3 Å². The van der Waals surface area contributed by atoms with Crippen molar-refractivity contribution in [2.75, 3.05) is 5.32 Å². The van der Waals surface area contributed by atoms with Gasteiger partial charge in [-0.05, 0) is 68.1 Å². The molecule has 4 rings (SSSR count). The summed E-state index contributed by atoms with van der Waals surface area (Å²) < 4.78 is 0. The number of aryl methyl sites for hydroxylation is 2. The SMILES string of the molecule is Cc1cc(C)nc(Sc2ccc(NC(=O)Cc3csc(-c4cccnc4)n3)cc2)n1. The number of aromatic nitrogens is 4. The lowest BCUT2D eigenvalue weighted by Crippen LogP contribution is -2.14. The van der Waals surface area contributed by atoms with Crippen LogP contribution in [-0.4, -0.2) is 25.8 Å². The summed E-state index contributed by atoms with van der Waals surface area (Å²) >= 11 is 3.01. The van der Waals surface area contributed by atoms with E-state index in [1.807, 2.05) is 61.7 Å². The number of nitrogens with zero attached hydrogens (tertiary/aromatic N) is 4. The van der Waals surface area contributed by atoms with E-state index in [9.17, 15) is 4.79 Å². The average Bonchev–Trinajstić information content (AvgIpc) is 3.18. The van der Waals surface area contributed by atoms with E-state index in [-0.39, 0.29) is 12.3 Å². The highest BCUT2D eigenvalue weighted by Crippen LogP contribution is 2.26. The molecule has 4 aromatic rings. The molecule has 0 bridgehead atoms. The second kappa shape index (κ2) is 9.15. The third kappa shape index (κ3) is 5.28. The van der Waals surface area contributed by atoms with Crippen molar-refractivity contribution in [2.45, 2.75) is 30.3 Å². The molecule has 0 fully saturated rings. The summed E-state index contributed by atoms with van der Waals surface area (Å²) in [6.07, 6.45) is 3.72. The fourth-order valence-electron chi connectivity index (χ4n) is 2.83. The number of rotatable bonds is 6. The Balaban J connectivity index is 1.35. The average molecular weight is 434 g/mol. The van der Waals surface area contributed by atoms with E-state index in [1.165, 1.54) is 23.1 Å².